The average Bonchev–Trinajstić information content (AvgIpc) is 3.22. The summed E-state index contributed by atoms with van der Waals surface area (Å²) >= 11 is 0. The molecule has 1 aromatic carbocycles. The summed E-state index contributed by atoms with van der Waals surface area (Å²) in [7, 11) is -0.351. The van der Waals surface area contributed by atoms with Gasteiger partial charge in [0.2, 0.25) is 0 Å². The Bertz CT molecular complexity index is 483. The van der Waals surface area contributed by atoms with Crippen molar-refractivity contribution in [3.63, 3.8) is 0 Å². The molecule has 2 atom stereocenters. The lowest BCUT2D eigenvalue weighted by Crippen LogP contribution is -2.07. The van der Waals surface area contributed by atoms with E-state index in [0.717, 1.165) is 11.1 Å². The van der Waals surface area contributed by atoms with Gasteiger partial charge in [0, 0.05) is 0 Å². The molecule has 19 heavy (non-hydrogen) atoms. The second-order valence-corrected chi connectivity index (χ2v) is 5.53. The zero-order valence-electron chi connectivity index (χ0n) is 12.6. The summed E-state index contributed by atoms with van der Waals surface area (Å²) in [6.07, 6.45) is 2.65. The maximum absolute atomic E-state index is 11.5. The first-order valence-corrected chi connectivity index (χ1v) is 6.81. The third-order valence-corrected chi connectivity index (χ3v) is 4.08. The highest BCUT2D eigenvalue weighted by Crippen LogP contribution is 2.46. The Morgan fingerprint density at radius 3 is 2.79 bits per heavy atom. The largest absolute Gasteiger partial charge is 0.507 e. The fourth-order valence-corrected chi connectivity index (χ4v) is 2.61. The van der Waals surface area contributed by atoms with Crippen LogP contribution in [0.5, 0.6) is 5.75 Å². The summed E-state index contributed by atoms with van der Waals surface area (Å²) in [6.45, 7) is 4.04. The van der Waals surface area contributed by atoms with Crippen LogP contribution in [0.4, 0.5) is 0 Å². The standard InChI is InChI=1S/C16H22O3/c1-10(9-15(17)19-3)13-5-4-6-14(16(13)18)11(2)12-7-8-12/h4-6,10-12,18H,7-9H2,1-3H3/i3D. The van der Waals surface area contributed by atoms with Crippen LogP contribution in [0, 0.1) is 5.92 Å². The number of aromatic hydroxyl groups is 1. The number of ether oxygens (including phenoxy) is 1. The molecule has 0 saturated heterocycles. The van der Waals surface area contributed by atoms with Gasteiger partial charge in [0.05, 0.1) is 14.9 Å². The van der Waals surface area contributed by atoms with Crippen molar-refractivity contribution < 1.29 is 16.0 Å². The molecular formula is C16H22O3. The molecule has 1 fully saturated rings. The first kappa shape index (κ1) is 12.5. The summed E-state index contributed by atoms with van der Waals surface area (Å²) < 4.78 is 11.5. The number of rotatable bonds is 5. The van der Waals surface area contributed by atoms with Gasteiger partial charge in [0.15, 0.2) is 0 Å². The average molecular weight is 263 g/mol. The molecule has 0 spiro atoms. The lowest BCUT2D eigenvalue weighted by Gasteiger charge is -2.18. The quantitative estimate of drug-likeness (QED) is 0.826. The SMILES string of the molecule is [2H]COC(=O)CC(C)c1cccc(C(C)C2CC2)c1O. The van der Waals surface area contributed by atoms with E-state index in [2.05, 4.69) is 11.7 Å². The van der Waals surface area contributed by atoms with Crippen molar-refractivity contribution in [1.29, 1.82) is 0 Å². The Balaban J connectivity index is 2.14. The number of carbonyl (C=O) groups is 1. The Morgan fingerprint density at radius 1 is 1.47 bits per heavy atom. The lowest BCUT2D eigenvalue weighted by atomic mass is 9.89. The molecule has 104 valence electrons. The minimum absolute atomic E-state index is 0.111. The molecule has 0 bridgehead atoms. The van der Waals surface area contributed by atoms with E-state index in [4.69, 9.17) is 1.37 Å². The van der Waals surface area contributed by atoms with Crippen molar-refractivity contribution in [1.82, 2.24) is 0 Å². The van der Waals surface area contributed by atoms with Crippen LogP contribution in [0.1, 0.15) is 57.4 Å². The molecule has 1 N–H and O–H groups in total. The summed E-state index contributed by atoms with van der Waals surface area (Å²) in [5.74, 6) is 0.855. The second-order valence-electron chi connectivity index (χ2n) is 5.53. The monoisotopic (exact) mass is 263 g/mol. The molecule has 2 rings (SSSR count). The maximum atomic E-state index is 11.5. The van der Waals surface area contributed by atoms with Crippen LogP contribution in [0.25, 0.3) is 0 Å². The van der Waals surface area contributed by atoms with Crippen LogP contribution in [0.3, 0.4) is 0 Å². The highest BCUT2D eigenvalue weighted by atomic mass is 16.5. The van der Waals surface area contributed by atoms with Crippen LogP contribution < -0.4 is 0 Å². The summed E-state index contributed by atoms with van der Waals surface area (Å²) in [4.78, 5) is 11.5. The molecule has 0 aromatic heterocycles. The predicted octanol–water partition coefficient (Wildman–Crippen LogP) is 3.57. The van der Waals surface area contributed by atoms with Crippen LogP contribution in [0.2, 0.25) is 0 Å². The molecule has 1 aromatic rings. The van der Waals surface area contributed by atoms with Gasteiger partial charge in [-0.3, -0.25) is 4.79 Å². The van der Waals surface area contributed by atoms with Gasteiger partial charge in [-0.2, -0.15) is 0 Å². The molecule has 1 saturated carbocycles. The van der Waals surface area contributed by atoms with E-state index in [0.29, 0.717) is 17.6 Å². The van der Waals surface area contributed by atoms with Gasteiger partial charge in [-0.15, -0.1) is 0 Å². The van der Waals surface area contributed by atoms with Gasteiger partial charge < -0.3 is 9.84 Å². The molecule has 3 heteroatoms. The molecule has 0 amide bonds. The molecule has 0 aliphatic heterocycles. The topological polar surface area (TPSA) is 46.5 Å². The molecule has 3 nitrogen and oxygen atoms in total. The first-order chi connectivity index (χ1) is 9.54. The van der Waals surface area contributed by atoms with Gasteiger partial charge in [0.25, 0.3) is 0 Å². The summed E-state index contributed by atoms with van der Waals surface area (Å²) in [6, 6.07) is 5.77. The predicted molar refractivity (Wildman–Crippen MR) is 74.3 cm³/mol. The van der Waals surface area contributed by atoms with Gasteiger partial charge >= 0.3 is 5.97 Å². The number of phenolic OH excluding ortho intramolecular Hbond substituents is 1. The minimum atomic E-state index is -0.396. The van der Waals surface area contributed by atoms with Gasteiger partial charge in [-0.25, -0.2) is 0 Å². The fraction of sp³-hybridized carbons (Fsp3) is 0.562. The number of hydrogen-bond acceptors (Lipinski definition) is 3. The van der Waals surface area contributed by atoms with Crippen LogP contribution in [-0.4, -0.2) is 18.2 Å². The Kier molecular flexibility index (Phi) is 3.72. The summed E-state index contributed by atoms with van der Waals surface area (Å²) in [5.41, 5.74) is 1.77. The van der Waals surface area contributed by atoms with Gasteiger partial charge in [0.1, 0.15) is 5.75 Å². The van der Waals surface area contributed by atoms with Crippen LogP contribution in [0.15, 0.2) is 18.2 Å². The van der Waals surface area contributed by atoms with Crippen LogP contribution in [-0.2, 0) is 9.53 Å². The third kappa shape index (κ3) is 3.09. The normalized spacial score (nSPS) is 18.5. The molecular weight excluding hydrogens is 240 g/mol. The van der Waals surface area contributed by atoms with E-state index < -0.39 is 5.97 Å². The molecule has 0 radical (unpaired) electrons. The van der Waals surface area contributed by atoms with E-state index in [1.165, 1.54) is 12.8 Å². The Morgan fingerprint density at radius 2 is 2.16 bits per heavy atom. The highest BCUT2D eigenvalue weighted by Gasteiger charge is 2.31. The number of esters is 1. The number of carbonyl (C=O) groups excluding carboxylic acids is 1. The van der Waals surface area contributed by atoms with E-state index >= 15 is 0 Å². The van der Waals surface area contributed by atoms with Crippen molar-refractivity contribution in [2.75, 3.05) is 7.09 Å². The van der Waals surface area contributed by atoms with Crippen LogP contribution >= 0.6 is 0 Å². The van der Waals surface area contributed by atoms with E-state index in [9.17, 15) is 9.90 Å². The molecule has 1 aliphatic rings. The number of benzene rings is 1. The lowest BCUT2D eigenvalue weighted by molar-refractivity contribution is -0.140. The van der Waals surface area contributed by atoms with E-state index in [-0.39, 0.29) is 19.4 Å². The first-order valence-electron chi connectivity index (χ1n) is 7.52. The Labute approximate surface area is 116 Å². The van der Waals surface area contributed by atoms with E-state index in [1.54, 1.807) is 0 Å². The number of methoxy groups -OCH3 is 1. The maximum Gasteiger partial charge on any atom is 0.306 e. The molecule has 1 aliphatic carbocycles. The summed E-state index contributed by atoms with van der Waals surface area (Å²) in [5, 5.41) is 10.5. The van der Waals surface area contributed by atoms with Gasteiger partial charge in [-0.05, 0) is 41.7 Å². The minimum Gasteiger partial charge on any atom is -0.507 e. The third-order valence-electron chi connectivity index (χ3n) is 4.08. The van der Waals surface area contributed by atoms with Gasteiger partial charge in [-0.1, -0.05) is 32.0 Å². The molecule has 2 unspecified atom stereocenters. The van der Waals surface area contributed by atoms with E-state index in [1.807, 2.05) is 25.1 Å². The number of phenols is 1. The van der Waals surface area contributed by atoms with Crippen molar-refractivity contribution in [3.8, 4) is 5.75 Å². The second kappa shape index (κ2) is 5.64. The smallest absolute Gasteiger partial charge is 0.306 e. The zero-order chi connectivity index (χ0) is 14.7. The molecule has 0 heterocycles. The highest BCUT2D eigenvalue weighted by molar-refractivity contribution is 5.70. The van der Waals surface area contributed by atoms with Crippen molar-refractivity contribution in [3.05, 3.63) is 29.3 Å². The fourth-order valence-electron chi connectivity index (χ4n) is 2.61. The number of hydrogen-bond donors (Lipinski definition) is 1. The Hall–Kier alpha value is -1.51. The van der Waals surface area contributed by atoms with Crippen molar-refractivity contribution >= 4 is 5.97 Å². The zero-order valence-corrected chi connectivity index (χ0v) is 11.6. The van der Waals surface area contributed by atoms with Crippen molar-refractivity contribution in [2.24, 2.45) is 5.92 Å². The van der Waals surface area contributed by atoms with Crippen molar-refractivity contribution in [2.45, 2.75) is 44.9 Å². The number of para-hydroxylation sites is 1.